The van der Waals surface area contributed by atoms with E-state index < -0.39 is 12.1 Å². The van der Waals surface area contributed by atoms with Gasteiger partial charge in [-0.15, -0.1) is 0 Å². The van der Waals surface area contributed by atoms with Crippen molar-refractivity contribution in [2.75, 3.05) is 13.1 Å². The molecule has 2 heterocycles. The first-order chi connectivity index (χ1) is 10.7. The van der Waals surface area contributed by atoms with E-state index in [-0.39, 0.29) is 10.4 Å². The van der Waals surface area contributed by atoms with E-state index in [1.165, 1.54) is 17.3 Å². The topological polar surface area (TPSA) is 92.4 Å². The van der Waals surface area contributed by atoms with Crippen LogP contribution in [0.5, 0.6) is 0 Å². The van der Waals surface area contributed by atoms with Crippen LogP contribution in [0.25, 0.3) is 6.08 Å². The number of hydrogen-bond acceptors (Lipinski definition) is 6. The fraction of sp³-hybridized carbons (Fsp3) is 0.462. The van der Waals surface area contributed by atoms with E-state index in [1.54, 1.807) is 13.2 Å². The lowest BCUT2D eigenvalue weighted by atomic mass is 10.0. The number of thioether (sulfide) groups is 1. The van der Waals surface area contributed by atoms with Crippen LogP contribution in [-0.4, -0.2) is 45.9 Å². The summed E-state index contributed by atoms with van der Waals surface area (Å²) in [6.07, 6.45) is -0.556. The molecule has 2 N–H and O–H groups in total. The Kier molecular flexibility index (Phi) is 7.30. The summed E-state index contributed by atoms with van der Waals surface area (Å²) in [5.41, 5.74) is 2.02. The molecule has 23 heavy (non-hydrogen) atoms. The number of rotatable bonds is 2. The molecule has 1 atom stereocenters. The van der Waals surface area contributed by atoms with Crippen LogP contribution < -0.4 is 5.32 Å². The van der Waals surface area contributed by atoms with Crippen LogP contribution in [-0.2, 0) is 9.59 Å². The minimum atomic E-state index is -5.08. The van der Waals surface area contributed by atoms with Crippen molar-refractivity contribution in [1.82, 2.24) is 10.5 Å². The molecule has 10 heteroatoms. The molecule has 1 aliphatic rings. The van der Waals surface area contributed by atoms with Gasteiger partial charge < -0.3 is 14.9 Å². The van der Waals surface area contributed by atoms with Crippen LogP contribution in [0.2, 0.25) is 0 Å². The quantitative estimate of drug-likeness (QED) is 0.844. The lowest BCUT2D eigenvalue weighted by Crippen LogP contribution is -2.32. The molecule has 128 valence electrons. The van der Waals surface area contributed by atoms with Crippen LogP contribution >= 0.6 is 11.8 Å². The molecule has 6 nitrogen and oxygen atoms in total. The SMILES string of the molecule is CC(=O)SC1CCNC/C1=C\c1ccon1.O=C(O)C(F)(F)F. The second kappa shape index (κ2) is 8.73. The molecule has 1 aliphatic heterocycles. The summed E-state index contributed by atoms with van der Waals surface area (Å²) < 4.78 is 36.5. The molecule has 2 rings (SSSR count). The zero-order valence-electron chi connectivity index (χ0n) is 12.1. The molecule has 0 saturated carbocycles. The average molecular weight is 352 g/mol. The monoisotopic (exact) mass is 352 g/mol. The van der Waals surface area contributed by atoms with Crippen molar-refractivity contribution in [3.05, 3.63) is 23.6 Å². The van der Waals surface area contributed by atoms with Gasteiger partial charge in [-0.25, -0.2) is 4.79 Å². The molecular formula is C13H15F3N2O4S. The van der Waals surface area contributed by atoms with E-state index >= 15 is 0 Å². The molecule has 1 aromatic heterocycles. The molecule has 0 spiro atoms. The molecule has 1 saturated heterocycles. The third kappa shape index (κ3) is 7.33. The maximum absolute atomic E-state index is 11.1. The Morgan fingerprint density at radius 2 is 2.17 bits per heavy atom. The van der Waals surface area contributed by atoms with Crippen LogP contribution in [0, 0.1) is 0 Å². The zero-order chi connectivity index (χ0) is 17.5. The molecule has 0 aromatic carbocycles. The van der Waals surface area contributed by atoms with E-state index in [1.807, 2.05) is 12.1 Å². The maximum Gasteiger partial charge on any atom is 0.490 e. The van der Waals surface area contributed by atoms with Gasteiger partial charge in [0.25, 0.3) is 0 Å². The highest BCUT2D eigenvalue weighted by molar-refractivity contribution is 8.14. The van der Waals surface area contributed by atoms with Crippen LogP contribution in [0.3, 0.4) is 0 Å². The second-order valence-electron chi connectivity index (χ2n) is 4.51. The van der Waals surface area contributed by atoms with E-state index in [9.17, 15) is 18.0 Å². The van der Waals surface area contributed by atoms with E-state index in [0.717, 1.165) is 25.2 Å². The number of nitrogens with zero attached hydrogens (tertiary/aromatic N) is 1. The van der Waals surface area contributed by atoms with Gasteiger partial charge >= 0.3 is 12.1 Å². The van der Waals surface area contributed by atoms with E-state index in [4.69, 9.17) is 14.4 Å². The minimum Gasteiger partial charge on any atom is -0.475 e. The number of carboxylic acid groups (broad SMARTS) is 1. The Morgan fingerprint density at radius 3 is 2.65 bits per heavy atom. The number of carbonyl (C=O) groups excluding carboxylic acids is 1. The van der Waals surface area contributed by atoms with Gasteiger partial charge in [-0.1, -0.05) is 16.9 Å². The summed E-state index contributed by atoms with van der Waals surface area (Å²) in [5.74, 6) is -2.76. The van der Waals surface area contributed by atoms with Crippen molar-refractivity contribution in [2.45, 2.75) is 24.8 Å². The first-order valence-electron chi connectivity index (χ1n) is 6.49. The van der Waals surface area contributed by atoms with Gasteiger partial charge in [0.15, 0.2) is 5.12 Å². The third-order valence-electron chi connectivity index (χ3n) is 2.67. The summed E-state index contributed by atoms with van der Waals surface area (Å²) in [4.78, 5) is 20.0. The van der Waals surface area contributed by atoms with Gasteiger partial charge in [0, 0.05) is 24.8 Å². The fourth-order valence-electron chi connectivity index (χ4n) is 1.73. The number of hydrogen-bond donors (Lipinski definition) is 2. The minimum absolute atomic E-state index is 0.165. The van der Waals surface area contributed by atoms with Crippen LogP contribution in [0.1, 0.15) is 19.0 Å². The van der Waals surface area contributed by atoms with Gasteiger partial charge in [0.2, 0.25) is 0 Å². The molecule has 0 aliphatic carbocycles. The highest BCUT2D eigenvalue weighted by atomic mass is 32.2. The number of carboxylic acids is 1. The molecule has 1 fully saturated rings. The zero-order valence-corrected chi connectivity index (χ0v) is 12.9. The number of aliphatic carboxylic acids is 1. The highest BCUT2D eigenvalue weighted by Crippen LogP contribution is 2.26. The van der Waals surface area contributed by atoms with Crippen molar-refractivity contribution < 1.29 is 32.4 Å². The molecule has 0 radical (unpaired) electrons. The maximum atomic E-state index is 11.1. The average Bonchev–Trinajstić information content (AvgIpc) is 2.93. The summed E-state index contributed by atoms with van der Waals surface area (Å²) in [6.45, 7) is 3.39. The van der Waals surface area contributed by atoms with Crippen molar-refractivity contribution in [3.8, 4) is 0 Å². The first kappa shape index (κ1) is 19.2. The summed E-state index contributed by atoms with van der Waals surface area (Å²) in [5, 5.41) is 14.7. The largest absolute Gasteiger partial charge is 0.490 e. The smallest absolute Gasteiger partial charge is 0.475 e. The molecule has 0 bridgehead atoms. The molecule has 1 aromatic rings. The number of piperidine rings is 1. The van der Waals surface area contributed by atoms with Gasteiger partial charge in [0.05, 0.1) is 0 Å². The first-order valence-corrected chi connectivity index (χ1v) is 7.37. The van der Waals surface area contributed by atoms with E-state index in [0.29, 0.717) is 0 Å². The Bertz CT molecular complexity index is 558. The molecular weight excluding hydrogens is 337 g/mol. The predicted octanol–water partition coefficient (Wildman–Crippen LogP) is 2.33. The number of alkyl halides is 3. The Balaban J connectivity index is 0.000000322. The third-order valence-corrected chi connectivity index (χ3v) is 3.82. The molecule has 1 unspecified atom stereocenters. The summed E-state index contributed by atoms with van der Waals surface area (Å²) in [7, 11) is 0. The summed E-state index contributed by atoms with van der Waals surface area (Å²) >= 11 is 1.40. The van der Waals surface area contributed by atoms with E-state index in [2.05, 4.69) is 10.5 Å². The number of halogens is 3. The Morgan fingerprint density at radius 1 is 1.52 bits per heavy atom. The van der Waals surface area contributed by atoms with Crippen molar-refractivity contribution in [3.63, 3.8) is 0 Å². The lowest BCUT2D eigenvalue weighted by molar-refractivity contribution is -0.192. The molecule has 0 amide bonds. The second-order valence-corrected chi connectivity index (χ2v) is 5.89. The highest BCUT2D eigenvalue weighted by Gasteiger charge is 2.38. The number of aromatic nitrogens is 1. The number of nitrogens with one attached hydrogen (secondary N) is 1. The van der Waals surface area contributed by atoms with Crippen molar-refractivity contribution in [2.24, 2.45) is 0 Å². The Labute approximate surface area is 134 Å². The number of carbonyl (C=O) groups is 2. The van der Waals surface area contributed by atoms with Crippen molar-refractivity contribution in [1.29, 1.82) is 0 Å². The lowest BCUT2D eigenvalue weighted by Gasteiger charge is -2.24. The normalized spacial score (nSPS) is 19.8. The van der Waals surface area contributed by atoms with Crippen LogP contribution in [0.15, 0.2) is 22.4 Å². The van der Waals surface area contributed by atoms with Gasteiger partial charge in [-0.2, -0.15) is 13.2 Å². The van der Waals surface area contributed by atoms with Crippen molar-refractivity contribution >= 4 is 28.9 Å². The van der Waals surface area contributed by atoms with Gasteiger partial charge in [-0.05, 0) is 24.6 Å². The Hall–Kier alpha value is -1.81. The predicted molar refractivity (Wildman–Crippen MR) is 77.7 cm³/mol. The standard InChI is InChI=1S/C11H14N2O2S.C2HF3O2/c1-8(14)16-11-2-4-12-7-9(11)6-10-3-5-15-13-10;3-2(4,5)1(6)7/h3,5-6,11-12H,2,4,7H2,1H3;(H,6,7)/b9-6+;. The van der Waals surface area contributed by atoms with Gasteiger partial charge in [0.1, 0.15) is 12.0 Å². The van der Waals surface area contributed by atoms with Crippen LogP contribution in [0.4, 0.5) is 13.2 Å². The summed E-state index contributed by atoms with van der Waals surface area (Å²) in [6, 6.07) is 1.82. The fourth-order valence-corrected chi connectivity index (χ4v) is 2.67. The van der Waals surface area contributed by atoms with Gasteiger partial charge in [-0.3, -0.25) is 4.79 Å².